The Kier molecular flexibility index (Phi) is 2.63. The van der Waals surface area contributed by atoms with Crippen molar-refractivity contribution in [2.75, 3.05) is 18.5 Å². The third kappa shape index (κ3) is 1.74. The van der Waals surface area contributed by atoms with Gasteiger partial charge in [-0.25, -0.2) is 0 Å². The van der Waals surface area contributed by atoms with E-state index in [1.165, 1.54) is 0 Å². The molecule has 1 rings (SSSR count). The first-order chi connectivity index (χ1) is 4.36. The SMILES string of the molecule is OCN1CSC(CCl)=N1. The highest BCUT2D eigenvalue weighted by molar-refractivity contribution is 8.14. The number of alkyl halides is 1. The standard InChI is InChI=1S/C4H7ClN2OS/c5-1-4-6-7(2-8)3-9-4/h8H,1-3H2. The molecule has 1 aliphatic heterocycles. The van der Waals surface area contributed by atoms with Crippen LogP contribution in [-0.2, 0) is 0 Å². The highest BCUT2D eigenvalue weighted by atomic mass is 35.5. The minimum absolute atomic E-state index is 0.0204. The molecule has 0 saturated carbocycles. The number of aliphatic hydroxyl groups is 1. The molecule has 1 aliphatic rings. The van der Waals surface area contributed by atoms with Crippen molar-refractivity contribution in [1.29, 1.82) is 0 Å². The lowest BCUT2D eigenvalue weighted by molar-refractivity contribution is 0.133. The first kappa shape index (κ1) is 7.18. The van der Waals surface area contributed by atoms with E-state index in [4.69, 9.17) is 16.7 Å². The Morgan fingerprint density at radius 1 is 1.89 bits per heavy atom. The van der Waals surface area contributed by atoms with Crippen LogP contribution in [-0.4, -0.2) is 33.6 Å². The van der Waals surface area contributed by atoms with Crippen LogP contribution in [0.4, 0.5) is 0 Å². The van der Waals surface area contributed by atoms with Crippen molar-refractivity contribution in [3.63, 3.8) is 0 Å². The lowest BCUT2D eigenvalue weighted by Crippen LogP contribution is -2.13. The molecular formula is C4H7ClN2OS. The van der Waals surface area contributed by atoms with Gasteiger partial charge in [0.1, 0.15) is 11.8 Å². The summed E-state index contributed by atoms with van der Waals surface area (Å²) in [6.07, 6.45) is 0. The fraction of sp³-hybridized carbons (Fsp3) is 0.750. The molecule has 0 spiro atoms. The van der Waals surface area contributed by atoms with Crippen molar-refractivity contribution < 1.29 is 5.11 Å². The molecule has 0 radical (unpaired) electrons. The molecule has 0 unspecified atom stereocenters. The Hall–Kier alpha value is 0.0700. The van der Waals surface area contributed by atoms with Crippen molar-refractivity contribution in [2.45, 2.75) is 0 Å². The van der Waals surface area contributed by atoms with Gasteiger partial charge < -0.3 is 5.11 Å². The van der Waals surface area contributed by atoms with Gasteiger partial charge in [0.2, 0.25) is 0 Å². The molecule has 0 aliphatic carbocycles. The van der Waals surface area contributed by atoms with Crippen molar-refractivity contribution in [3.8, 4) is 0 Å². The second-order valence-corrected chi connectivity index (χ2v) is 2.83. The molecule has 52 valence electrons. The molecule has 0 aromatic rings. The van der Waals surface area contributed by atoms with Crippen LogP contribution in [0.5, 0.6) is 0 Å². The summed E-state index contributed by atoms with van der Waals surface area (Å²) in [6.45, 7) is -0.0204. The van der Waals surface area contributed by atoms with Gasteiger partial charge in [-0.1, -0.05) is 11.8 Å². The number of thioether (sulfide) groups is 1. The maximum absolute atomic E-state index is 8.54. The smallest absolute Gasteiger partial charge is 0.132 e. The Bertz CT molecular complexity index is 130. The highest BCUT2D eigenvalue weighted by Crippen LogP contribution is 2.16. The summed E-state index contributed by atoms with van der Waals surface area (Å²) < 4.78 is 0. The van der Waals surface area contributed by atoms with Gasteiger partial charge in [-0.05, 0) is 0 Å². The Morgan fingerprint density at radius 3 is 3.00 bits per heavy atom. The first-order valence-corrected chi connectivity index (χ1v) is 4.01. The van der Waals surface area contributed by atoms with Crippen LogP contribution < -0.4 is 0 Å². The lowest BCUT2D eigenvalue weighted by atomic mass is 10.9. The van der Waals surface area contributed by atoms with Crippen molar-refractivity contribution in [3.05, 3.63) is 0 Å². The second kappa shape index (κ2) is 3.29. The van der Waals surface area contributed by atoms with Gasteiger partial charge in [0, 0.05) is 0 Å². The molecule has 0 amide bonds. The van der Waals surface area contributed by atoms with Crippen molar-refractivity contribution >= 4 is 28.4 Å². The topological polar surface area (TPSA) is 35.8 Å². The molecule has 0 fully saturated rings. The monoisotopic (exact) mass is 166 g/mol. The average molecular weight is 167 g/mol. The van der Waals surface area contributed by atoms with E-state index in [2.05, 4.69) is 5.10 Å². The quantitative estimate of drug-likeness (QED) is 0.607. The predicted molar refractivity (Wildman–Crippen MR) is 39.5 cm³/mol. The van der Waals surface area contributed by atoms with Crippen LogP contribution in [0.25, 0.3) is 0 Å². The maximum Gasteiger partial charge on any atom is 0.132 e. The largest absolute Gasteiger partial charge is 0.375 e. The second-order valence-electron chi connectivity index (χ2n) is 1.55. The summed E-state index contributed by atoms with van der Waals surface area (Å²) in [6, 6.07) is 0. The van der Waals surface area contributed by atoms with E-state index in [0.717, 1.165) is 10.9 Å². The number of hydrogen-bond acceptors (Lipinski definition) is 4. The maximum atomic E-state index is 8.54. The number of aliphatic hydroxyl groups excluding tert-OH is 1. The average Bonchev–Trinajstić information content (AvgIpc) is 2.34. The number of hydrogen-bond donors (Lipinski definition) is 1. The molecule has 9 heavy (non-hydrogen) atoms. The third-order valence-electron chi connectivity index (χ3n) is 0.911. The van der Waals surface area contributed by atoms with Crippen molar-refractivity contribution in [2.24, 2.45) is 5.10 Å². The van der Waals surface area contributed by atoms with E-state index in [-0.39, 0.29) is 6.73 Å². The summed E-state index contributed by atoms with van der Waals surface area (Å²) in [7, 11) is 0. The Morgan fingerprint density at radius 2 is 2.67 bits per heavy atom. The highest BCUT2D eigenvalue weighted by Gasteiger charge is 2.11. The molecular weight excluding hydrogens is 160 g/mol. The van der Waals surface area contributed by atoms with E-state index in [0.29, 0.717) is 5.88 Å². The molecule has 5 heteroatoms. The molecule has 3 nitrogen and oxygen atoms in total. The van der Waals surface area contributed by atoms with Crippen LogP contribution in [0.2, 0.25) is 0 Å². The van der Waals surface area contributed by atoms with Gasteiger partial charge in [-0.3, -0.25) is 5.01 Å². The van der Waals surface area contributed by atoms with Crippen LogP contribution in [0.1, 0.15) is 0 Å². The Labute approximate surface area is 62.7 Å². The van der Waals surface area contributed by atoms with Crippen LogP contribution >= 0.6 is 23.4 Å². The molecule has 0 bridgehead atoms. The van der Waals surface area contributed by atoms with E-state index in [9.17, 15) is 0 Å². The van der Waals surface area contributed by atoms with Crippen LogP contribution in [0.15, 0.2) is 5.10 Å². The van der Waals surface area contributed by atoms with Crippen molar-refractivity contribution in [1.82, 2.24) is 5.01 Å². The van der Waals surface area contributed by atoms with Gasteiger partial charge >= 0.3 is 0 Å². The third-order valence-corrected chi connectivity index (χ3v) is 2.31. The zero-order chi connectivity index (χ0) is 6.69. The number of rotatable bonds is 2. The van der Waals surface area contributed by atoms with Crippen LogP contribution in [0.3, 0.4) is 0 Å². The van der Waals surface area contributed by atoms with E-state index in [1.807, 2.05) is 0 Å². The summed E-state index contributed by atoms with van der Waals surface area (Å²) in [5, 5.41) is 14.9. The minimum Gasteiger partial charge on any atom is -0.375 e. The molecule has 0 aromatic carbocycles. The molecule has 0 atom stereocenters. The number of nitrogens with zero attached hydrogens (tertiary/aromatic N) is 2. The van der Waals surface area contributed by atoms with Crippen LogP contribution in [0, 0.1) is 0 Å². The number of halogens is 1. The molecule has 1 N–H and O–H groups in total. The predicted octanol–water partition coefficient (Wildman–Crippen LogP) is 0.495. The zero-order valence-electron chi connectivity index (χ0n) is 4.75. The van der Waals surface area contributed by atoms with Gasteiger partial charge in [-0.2, -0.15) is 5.10 Å². The zero-order valence-corrected chi connectivity index (χ0v) is 6.32. The van der Waals surface area contributed by atoms with E-state index < -0.39 is 0 Å². The minimum atomic E-state index is -0.0204. The number of hydrazone groups is 1. The first-order valence-electron chi connectivity index (χ1n) is 2.49. The summed E-state index contributed by atoms with van der Waals surface area (Å²) in [5.74, 6) is 1.17. The fourth-order valence-electron chi connectivity index (χ4n) is 0.502. The summed E-state index contributed by atoms with van der Waals surface area (Å²) in [5.41, 5.74) is 0. The van der Waals surface area contributed by atoms with Gasteiger partial charge in [0.05, 0.1) is 11.8 Å². The molecule has 1 heterocycles. The van der Waals surface area contributed by atoms with E-state index in [1.54, 1.807) is 16.8 Å². The molecule has 0 aromatic heterocycles. The molecule has 0 saturated heterocycles. The summed E-state index contributed by atoms with van der Waals surface area (Å²) >= 11 is 7.03. The van der Waals surface area contributed by atoms with Gasteiger partial charge in [0.15, 0.2) is 0 Å². The lowest BCUT2D eigenvalue weighted by Gasteiger charge is -2.05. The fourth-order valence-corrected chi connectivity index (χ4v) is 1.47. The van der Waals surface area contributed by atoms with E-state index >= 15 is 0 Å². The Balaban J connectivity index is 2.40. The summed E-state index contributed by atoms with van der Waals surface area (Å²) in [4.78, 5) is 0. The normalized spacial score (nSPS) is 18.4. The van der Waals surface area contributed by atoms with Gasteiger partial charge in [-0.15, -0.1) is 11.6 Å². The van der Waals surface area contributed by atoms with Gasteiger partial charge in [0.25, 0.3) is 0 Å².